The number of hydrogen-bond acceptors (Lipinski definition) is 3. The largest absolute Gasteiger partial charge is 0.508 e. The minimum Gasteiger partial charge on any atom is -0.508 e. The molecule has 1 rings (SSSR count). The lowest BCUT2D eigenvalue weighted by atomic mass is 10.1. The van der Waals surface area contributed by atoms with Crippen LogP contribution in [-0.4, -0.2) is 17.6 Å². The van der Waals surface area contributed by atoms with Crippen molar-refractivity contribution in [3.05, 3.63) is 35.5 Å². The van der Waals surface area contributed by atoms with Gasteiger partial charge in [0.2, 0.25) is 0 Å². The van der Waals surface area contributed by atoms with Crippen LogP contribution in [0.5, 0.6) is 5.75 Å². The average Bonchev–Trinajstić information content (AvgIpc) is 2.22. The summed E-state index contributed by atoms with van der Waals surface area (Å²) in [4.78, 5) is 4.87. The molecule has 0 radical (unpaired) electrons. The van der Waals surface area contributed by atoms with E-state index in [-0.39, 0.29) is 0 Å². The number of aliphatic imine (C=N–C) groups is 1. The number of aromatic hydroxyl groups is 1. The van der Waals surface area contributed by atoms with Crippen LogP contribution in [0.15, 0.2) is 29.4 Å². The van der Waals surface area contributed by atoms with E-state index in [2.05, 4.69) is 18.6 Å². The zero-order valence-corrected chi connectivity index (χ0v) is 9.84. The highest BCUT2D eigenvalue weighted by atomic mass is 32.2. The summed E-state index contributed by atoms with van der Waals surface area (Å²) < 4.78 is 0. The Hall–Kier alpha value is -1.22. The summed E-state index contributed by atoms with van der Waals surface area (Å²) in [5.74, 6) is 1.31. The van der Waals surface area contributed by atoms with Crippen molar-refractivity contribution in [1.82, 2.24) is 0 Å². The minimum absolute atomic E-state index is 0.325. The van der Waals surface area contributed by atoms with Gasteiger partial charge in [-0.2, -0.15) is 0 Å². The molecule has 3 heteroatoms. The molecule has 0 fully saturated rings. The number of aryl methyl sites for hydroxylation is 1. The molecule has 0 aliphatic heterocycles. The van der Waals surface area contributed by atoms with E-state index < -0.39 is 0 Å². The molecule has 0 amide bonds. The van der Waals surface area contributed by atoms with Gasteiger partial charge in [0.25, 0.3) is 0 Å². The molecule has 0 aromatic heterocycles. The maximum atomic E-state index is 9.42. The molecule has 0 heterocycles. The third-order valence-corrected chi connectivity index (χ3v) is 2.93. The van der Waals surface area contributed by atoms with Crippen molar-refractivity contribution in [2.75, 3.05) is 5.75 Å². The topological polar surface area (TPSA) is 32.6 Å². The molecule has 2 nitrogen and oxygen atoms in total. The highest BCUT2D eigenvalue weighted by Crippen LogP contribution is 2.30. The summed E-state index contributed by atoms with van der Waals surface area (Å²) >= 11 is 1.71. The quantitative estimate of drug-likeness (QED) is 0.790. The molecule has 0 unspecified atom stereocenters. The van der Waals surface area contributed by atoms with Crippen LogP contribution in [0.1, 0.15) is 18.1 Å². The first kappa shape index (κ1) is 11.9. The molecular weight excluding hydrogens is 206 g/mol. The van der Waals surface area contributed by atoms with Gasteiger partial charge in [0, 0.05) is 11.1 Å². The second kappa shape index (κ2) is 5.61. The van der Waals surface area contributed by atoms with Gasteiger partial charge in [-0.05, 0) is 42.7 Å². The Kier molecular flexibility index (Phi) is 4.43. The van der Waals surface area contributed by atoms with Crippen LogP contribution < -0.4 is 0 Å². The monoisotopic (exact) mass is 221 g/mol. The zero-order valence-electron chi connectivity index (χ0n) is 9.03. The molecule has 1 aromatic carbocycles. The molecule has 0 saturated carbocycles. The predicted molar refractivity (Wildman–Crippen MR) is 68.5 cm³/mol. The van der Waals surface area contributed by atoms with E-state index in [9.17, 15) is 5.11 Å². The summed E-state index contributed by atoms with van der Waals surface area (Å²) in [5, 5.41) is 9.42. The van der Waals surface area contributed by atoms with Crippen molar-refractivity contribution in [2.45, 2.75) is 13.8 Å². The van der Waals surface area contributed by atoms with E-state index in [1.165, 1.54) is 0 Å². The summed E-state index contributed by atoms with van der Waals surface area (Å²) in [6.07, 6.45) is 1.75. The van der Waals surface area contributed by atoms with Crippen molar-refractivity contribution >= 4 is 23.4 Å². The molecule has 0 aliphatic carbocycles. The maximum Gasteiger partial charge on any atom is 0.118 e. The van der Waals surface area contributed by atoms with Gasteiger partial charge in [-0.15, -0.1) is 11.8 Å². The molecule has 0 bridgehead atoms. The molecule has 0 atom stereocenters. The predicted octanol–water partition coefficient (Wildman–Crippen LogP) is 3.45. The van der Waals surface area contributed by atoms with E-state index in [4.69, 9.17) is 0 Å². The highest BCUT2D eigenvalue weighted by molar-refractivity contribution is 8.08. The van der Waals surface area contributed by atoms with Gasteiger partial charge in [0.05, 0.1) is 0 Å². The van der Waals surface area contributed by atoms with E-state index in [0.29, 0.717) is 5.75 Å². The van der Waals surface area contributed by atoms with E-state index in [1.807, 2.05) is 19.1 Å². The molecule has 0 saturated heterocycles. The highest BCUT2D eigenvalue weighted by Gasteiger charge is 2.03. The SMILES string of the molecule is C=N/C=C(\SCC)c1ccc(O)c(C)c1. The second-order valence-electron chi connectivity index (χ2n) is 3.11. The summed E-state index contributed by atoms with van der Waals surface area (Å²) in [6.45, 7) is 7.43. The Morgan fingerprint density at radius 3 is 2.87 bits per heavy atom. The number of benzene rings is 1. The minimum atomic E-state index is 0.325. The van der Waals surface area contributed by atoms with Crippen molar-refractivity contribution in [3.63, 3.8) is 0 Å². The summed E-state index contributed by atoms with van der Waals surface area (Å²) in [5.41, 5.74) is 1.95. The normalized spacial score (nSPS) is 11.5. The summed E-state index contributed by atoms with van der Waals surface area (Å²) in [7, 11) is 0. The van der Waals surface area contributed by atoms with Crippen LogP contribution in [0.25, 0.3) is 4.91 Å². The molecule has 0 spiro atoms. The van der Waals surface area contributed by atoms with E-state index in [1.54, 1.807) is 24.0 Å². The van der Waals surface area contributed by atoms with Gasteiger partial charge in [-0.3, -0.25) is 4.99 Å². The number of hydrogen-bond donors (Lipinski definition) is 1. The Balaban J connectivity index is 3.06. The fraction of sp³-hybridized carbons (Fsp3) is 0.250. The van der Waals surface area contributed by atoms with Crippen molar-refractivity contribution in [1.29, 1.82) is 0 Å². The fourth-order valence-corrected chi connectivity index (χ4v) is 2.00. The fourth-order valence-electron chi connectivity index (χ4n) is 1.24. The van der Waals surface area contributed by atoms with Crippen LogP contribution in [0.3, 0.4) is 0 Å². The lowest BCUT2D eigenvalue weighted by Crippen LogP contribution is -1.83. The average molecular weight is 221 g/mol. The van der Waals surface area contributed by atoms with Crippen LogP contribution in [0.4, 0.5) is 0 Å². The van der Waals surface area contributed by atoms with Crippen LogP contribution in [-0.2, 0) is 0 Å². The van der Waals surface area contributed by atoms with Gasteiger partial charge < -0.3 is 5.11 Å². The van der Waals surface area contributed by atoms with E-state index in [0.717, 1.165) is 21.8 Å². The number of phenolic OH excluding ortho intramolecular Hbond substituents is 1. The molecule has 0 aliphatic rings. The van der Waals surface area contributed by atoms with Gasteiger partial charge in [-0.25, -0.2) is 0 Å². The Morgan fingerprint density at radius 1 is 1.60 bits per heavy atom. The Morgan fingerprint density at radius 2 is 2.33 bits per heavy atom. The van der Waals surface area contributed by atoms with Gasteiger partial charge in [0.1, 0.15) is 5.75 Å². The smallest absolute Gasteiger partial charge is 0.118 e. The Bertz CT molecular complexity index is 385. The van der Waals surface area contributed by atoms with Crippen molar-refractivity contribution in [3.8, 4) is 5.75 Å². The molecule has 80 valence electrons. The number of rotatable bonds is 4. The first-order valence-corrected chi connectivity index (χ1v) is 5.76. The standard InChI is InChI=1S/C12H15NOS/c1-4-15-12(8-13-3)10-5-6-11(14)9(2)7-10/h5-8,14H,3-4H2,1-2H3/b12-8-. The van der Waals surface area contributed by atoms with Gasteiger partial charge in [0.15, 0.2) is 0 Å². The van der Waals surface area contributed by atoms with Crippen molar-refractivity contribution in [2.24, 2.45) is 4.99 Å². The number of thioether (sulfide) groups is 1. The first-order valence-electron chi connectivity index (χ1n) is 4.77. The molecular formula is C12H15NOS. The third-order valence-electron chi connectivity index (χ3n) is 1.99. The van der Waals surface area contributed by atoms with Crippen LogP contribution in [0.2, 0.25) is 0 Å². The lowest BCUT2D eigenvalue weighted by molar-refractivity contribution is 0.471. The number of nitrogens with zero attached hydrogens (tertiary/aromatic N) is 1. The summed E-state index contributed by atoms with van der Waals surface area (Å²) in [6, 6.07) is 5.55. The molecule has 15 heavy (non-hydrogen) atoms. The molecule has 1 aromatic rings. The van der Waals surface area contributed by atoms with Crippen LogP contribution in [0, 0.1) is 6.92 Å². The van der Waals surface area contributed by atoms with Gasteiger partial charge in [-0.1, -0.05) is 13.0 Å². The maximum absolute atomic E-state index is 9.42. The lowest BCUT2D eigenvalue weighted by Gasteiger charge is -2.06. The van der Waals surface area contributed by atoms with Gasteiger partial charge >= 0.3 is 0 Å². The second-order valence-corrected chi connectivity index (χ2v) is 4.42. The van der Waals surface area contributed by atoms with E-state index >= 15 is 0 Å². The van der Waals surface area contributed by atoms with Crippen molar-refractivity contribution < 1.29 is 5.11 Å². The van der Waals surface area contributed by atoms with Crippen LogP contribution >= 0.6 is 11.8 Å². The zero-order chi connectivity index (χ0) is 11.3. The molecule has 1 N–H and O–H groups in total. The first-order chi connectivity index (χ1) is 7.19. The third kappa shape index (κ3) is 3.13. The number of phenols is 1. The Labute approximate surface area is 94.7 Å².